The Labute approximate surface area is 170 Å². The molecular weight excluding hydrogens is 405 g/mol. The summed E-state index contributed by atoms with van der Waals surface area (Å²) in [5, 5.41) is 21.5. The molecule has 0 radical (unpaired) electrons. The Hall–Kier alpha value is -2.36. The molecular formula is C18H19ClFN5O2S. The quantitative estimate of drug-likeness (QED) is 0.528. The Morgan fingerprint density at radius 1 is 1.21 bits per heavy atom. The van der Waals surface area contributed by atoms with Gasteiger partial charge >= 0.3 is 0 Å². The lowest BCUT2D eigenvalue weighted by molar-refractivity contribution is 0.228. The summed E-state index contributed by atoms with van der Waals surface area (Å²) in [6.07, 6.45) is 3.72. The fraction of sp³-hybridized carbons (Fsp3) is 0.333. The van der Waals surface area contributed by atoms with E-state index < -0.39 is 5.82 Å². The van der Waals surface area contributed by atoms with Gasteiger partial charge in [0.2, 0.25) is 5.95 Å². The molecule has 2 aromatic heterocycles. The van der Waals surface area contributed by atoms with Gasteiger partial charge in [0.15, 0.2) is 16.6 Å². The molecule has 0 saturated heterocycles. The Kier molecular flexibility index (Phi) is 6.71. The molecule has 0 aliphatic carbocycles. The molecule has 0 aliphatic rings. The van der Waals surface area contributed by atoms with Crippen molar-refractivity contribution < 1.29 is 14.2 Å². The molecule has 3 aromatic rings. The van der Waals surface area contributed by atoms with E-state index in [1.807, 2.05) is 13.8 Å². The number of anilines is 1. The zero-order valence-electron chi connectivity index (χ0n) is 15.3. The number of aliphatic hydroxyl groups excluding tert-OH is 1. The van der Waals surface area contributed by atoms with Gasteiger partial charge in [0.05, 0.1) is 11.6 Å². The normalized spacial score (nSPS) is 11.1. The van der Waals surface area contributed by atoms with Gasteiger partial charge in [-0.15, -0.1) is 10.2 Å². The minimum atomic E-state index is -0.554. The Morgan fingerprint density at radius 2 is 1.93 bits per heavy atom. The Balaban J connectivity index is 1.80. The predicted molar refractivity (Wildman–Crippen MR) is 107 cm³/mol. The predicted octanol–water partition coefficient (Wildman–Crippen LogP) is 4.04. The minimum Gasteiger partial charge on any atom is -0.490 e. The van der Waals surface area contributed by atoms with Crippen LogP contribution in [0.15, 0.2) is 24.5 Å². The Morgan fingerprint density at radius 3 is 2.61 bits per heavy atom. The first kappa shape index (κ1) is 20.4. The molecule has 0 bridgehead atoms. The van der Waals surface area contributed by atoms with Gasteiger partial charge in [0.1, 0.15) is 5.01 Å². The van der Waals surface area contributed by atoms with Crippen LogP contribution < -0.4 is 10.1 Å². The fourth-order valence-corrected chi connectivity index (χ4v) is 3.42. The number of benzene rings is 1. The van der Waals surface area contributed by atoms with Crippen molar-refractivity contribution in [3.63, 3.8) is 0 Å². The van der Waals surface area contributed by atoms with E-state index in [4.69, 9.17) is 21.4 Å². The third-order valence-corrected chi connectivity index (χ3v) is 4.87. The molecule has 148 valence electrons. The van der Waals surface area contributed by atoms with Crippen molar-refractivity contribution in [1.29, 1.82) is 0 Å². The number of aromatic nitrogens is 4. The van der Waals surface area contributed by atoms with Gasteiger partial charge < -0.3 is 15.2 Å². The molecule has 0 atom stereocenters. The maximum atomic E-state index is 14.3. The van der Waals surface area contributed by atoms with E-state index in [1.54, 1.807) is 12.4 Å². The highest BCUT2D eigenvalue weighted by Crippen LogP contribution is 2.37. The third kappa shape index (κ3) is 4.92. The van der Waals surface area contributed by atoms with E-state index in [1.165, 1.54) is 23.5 Å². The van der Waals surface area contributed by atoms with E-state index in [2.05, 4.69) is 25.5 Å². The van der Waals surface area contributed by atoms with E-state index in [-0.39, 0.29) is 25.0 Å². The third-order valence-electron chi connectivity index (χ3n) is 3.55. The second-order valence-electron chi connectivity index (χ2n) is 6.19. The van der Waals surface area contributed by atoms with Crippen LogP contribution in [0.4, 0.5) is 10.3 Å². The highest BCUT2D eigenvalue weighted by molar-refractivity contribution is 7.18. The molecule has 3 rings (SSSR count). The van der Waals surface area contributed by atoms with Crippen LogP contribution in [0.3, 0.4) is 0 Å². The van der Waals surface area contributed by atoms with Gasteiger partial charge in [-0.05, 0) is 19.9 Å². The molecule has 7 nitrogen and oxygen atoms in total. The number of ether oxygens (including phenoxy) is 1. The fourth-order valence-electron chi connectivity index (χ4n) is 2.27. The van der Waals surface area contributed by atoms with E-state index in [9.17, 15) is 4.39 Å². The molecule has 2 heterocycles. The van der Waals surface area contributed by atoms with Crippen LogP contribution >= 0.6 is 22.9 Å². The SMILES string of the molecule is CC(C)Nc1ncc(-c2nnc(-c3cc(F)c(OCCCO)cc3Cl)s2)cn1. The molecule has 0 fully saturated rings. The van der Waals surface area contributed by atoms with Gasteiger partial charge in [-0.3, -0.25) is 0 Å². The van der Waals surface area contributed by atoms with Gasteiger partial charge in [0.25, 0.3) is 0 Å². The highest BCUT2D eigenvalue weighted by Gasteiger charge is 2.16. The van der Waals surface area contributed by atoms with Crippen molar-refractivity contribution in [3.8, 4) is 26.9 Å². The van der Waals surface area contributed by atoms with Crippen LogP contribution in [0.25, 0.3) is 21.1 Å². The monoisotopic (exact) mass is 423 g/mol. The average molecular weight is 424 g/mol. The highest BCUT2D eigenvalue weighted by atomic mass is 35.5. The molecule has 0 amide bonds. The van der Waals surface area contributed by atoms with Crippen molar-refractivity contribution in [2.45, 2.75) is 26.3 Å². The van der Waals surface area contributed by atoms with Crippen molar-refractivity contribution in [3.05, 3.63) is 35.4 Å². The number of hydrogen-bond donors (Lipinski definition) is 2. The lowest BCUT2D eigenvalue weighted by Gasteiger charge is -2.08. The topological polar surface area (TPSA) is 93.1 Å². The van der Waals surface area contributed by atoms with Gasteiger partial charge in [0, 0.05) is 48.7 Å². The minimum absolute atomic E-state index is 0.0285. The summed E-state index contributed by atoms with van der Waals surface area (Å²) < 4.78 is 19.6. The number of hydrogen-bond acceptors (Lipinski definition) is 8. The summed E-state index contributed by atoms with van der Waals surface area (Å²) in [7, 11) is 0. The van der Waals surface area contributed by atoms with Crippen LogP contribution in [0, 0.1) is 5.82 Å². The van der Waals surface area contributed by atoms with Crippen molar-refractivity contribution in [1.82, 2.24) is 20.2 Å². The molecule has 0 unspecified atom stereocenters. The average Bonchev–Trinajstić information content (AvgIpc) is 3.14. The van der Waals surface area contributed by atoms with E-state index in [0.717, 1.165) is 0 Å². The first-order chi connectivity index (χ1) is 13.5. The number of aliphatic hydroxyl groups is 1. The summed E-state index contributed by atoms with van der Waals surface area (Å²) >= 11 is 7.54. The largest absolute Gasteiger partial charge is 0.490 e. The summed E-state index contributed by atoms with van der Waals surface area (Å²) in [6.45, 7) is 4.17. The number of halogens is 2. The molecule has 0 saturated carbocycles. The van der Waals surface area contributed by atoms with Gasteiger partial charge in [-0.1, -0.05) is 22.9 Å². The summed E-state index contributed by atoms with van der Waals surface area (Å²) in [4.78, 5) is 8.50. The lowest BCUT2D eigenvalue weighted by atomic mass is 10.2. The maximum Gasteiger partial charge on any atom is 0.222 e. The molecule has 0 aliphatic heterocycles. The van der Waals surface area contributed by atoms with E-state index in [0.29, 0.717) is 38.5 Å². The lowest BCUT2D eigenvalue weighted by Crippen LogP contribution is -2.12. The Bertz CT molecular complexity index is 936. The zero-order valence-corrected chi connectivity index (χ0v) is 16.9. The zero-order chi connectivity index (χ0) is 20.1. The van der Waals surface area contributed by atoms with Crippen LogP contribution in [0.5, 0.6) is 5.75 Å². The summed E-state index contributed by atoms with van der Waals surface area (Å²) in [6, 6.07) is 2.90. The van der Waals surface area contributed by atoms with Crippen LogP contribution in [0.1, 0.15) is 20.3 Å². The second kappa shape index (κ2) is 9.22. The summed E-state index contributed by atoms with van der Waals surface area (Å²) in [5.41, 5.74) is 1.13. The number of rotatable bonds is 8. The van der Waals surface area contributed by atoms with Crippen molar-refractivity contribution in [2.75, 3.05) is 18.5 Å². The van der Waals surface area contributed by atoms with Gasteiger partial charge in [-0.2, -0.15) is 0 Å². The van der Waals surface area contributed by atoms with Crippen LogP contribution in [-0.4, -0.2) is 44.5 Å². The van der Waals surface area contributed by atoms with Crippen molar-refractivity contribution in [2.24, 2.45) is 0 Å². The first-order valence-corrected chi connectivity index (χ1v) is 9.83. The molecule has 1 aromatic carbocycles. The van der Waals surface area contributed by atoms with Gasteiger partial charge in [-0.25, -0.2) is 14.4 Å². The molecule has 28 heavy (non-hydrogen) atoms. The summed E-state index contributed by atoms with van der Waals surface area (Å²) in [5.74, 6) is 0.0144. The smallest absolute Gasteiger partial charge is 0.222 e. The second-order valence-corrected chi connectivity index (χ2v) is 7.58. The molecule has 2 N–H and O–H groups in total. The van der Waals surface area contributed by atoms with Crippen LogP contribution in [0.2, 0.25) is 5.02 Å². The van der Waals surface area contributed by atoms with E-state index >= 15 is 0 Å². The maximum absolute atomic E-state index is 14.3. The van der Waals surface area contributed by atoms with Crippen LogP contribution in [-0.2, 0) is 0 Å². The number of nitrogens with one attached hydrogen (secondary N) is 1. The standard InChI is InChI=1S/C18H19ClFN5O2S/c1-10(2)23-18-21-8-11(9-22-18)16-24-25-17(28-16)12-6-14(20)15(7-13(12)19)27-5-3-4-26/h6-10,26H,3-5H2,1-2H3,(H,21,22,23). The molecule has 10 heteroatoms. The number of nitrogens with zero attached hydrogens (tertiary/aromatic N) is 4. The molecule has 0 spiro atoms. The van der Waals surface area contributed by atoms with Crippen molar-refractivity contribution >= 4 is 28.9 Å². The first-order valence-electron chi connectivity index (χ1n) is 8.63.